The van der Waals surface area contributed by atoms with Gasteiger partial charge in [0, 0.05) is 32.3 Å². The van der Waals surface area contributed by atoms with E-state index in [4.69, 9.17) is 4.74 Å². The summed E-state index contributed by atoms with van der Waals surface area (Å²) in [6, 6.07) is 7.56. The van der Waals surface area contributed by atoms with Crippen LogP contribution in [0.3, 0.4) is 0 Å². The van der Waals surface area contributed by atoms with Gasteiger partial charge in [-0.2, -0.15) is 5.10 Å². The summed E-state index contributed by atoms with van der Waals surface area (Å²) in [6.07, 6.45) is 3.27. The first-order chi connectivity index (χ1) is 16.4. The molecule has 1 fully saturated rings. The normalized spacial score (nSPS) is 16.6. The van der Waals surface area contributed by atoms with E-state index in [1.54, 1.807) is 6.07 Å². The fourth-order valence-electron chi connectivity index (χ4n) is 4.20. The van der Waals surface area contributed by atoms with Crippen LogP contribution in [0.15, 0.2) is 30.5 Å². The highest BCUT2D eigenvalue weighted by molar-refractivity contribution is 6.04. The predicted octanol–water partition coefficient (Wildman–Crippen LogP) is 3.40. The highest BCUT2D eigenvalue weighted by atomic mass is 16.5. The Morgan fingerprint density at radius 2 is 2.03 bits per heavy atom. The van der Waals surface area contributed by atoms with Gasteiger partial charge in [-0.05, 0) is 38.8 Å². The standard InChI is InChI=1S/C24H27N7O3/c1-13-23-26-14(2)29-31(23)19-7-5-6-17(22(19)30(13)3)27-18-10-21(28-24(33)15-8-9-15)25-11-16(18)20(32)12-34-4/h5-7,10-11,13,15H,8-9,12H2,1-4H3,(H2,25,27,28,33)/t13-/m0/s1. The lowest BCUT2D eigenvalue weighted by Gasteiger charge is -2.35. The van der Waals surface area contributed by atoms with Crippen LogP contribution in [0, 0.1) is 12.8 Å². The van der Waals surface area contributed by atoms with Gasteiger partial charge in [-0.3, -0.25) is 9.59 Å². The van der Waals surface area contributed by atoms with E-state index in [9.17, 15) is 9.59 Å². The van der Waals surface area contributed by atoms with Gasteiger partial charge in [0.25, 0.3) is 0 Å². The second-order valence-electron chi connectivity index (χ2n) is 8.75. The number of amides is 1. The van der Waals surface area contributed by atoms with Gasteiger partial charge >= 0.3 is 0 Å². The van der Waals surface area contributed by atoms with Crippen molar-refractivity contribution in [2.24, 2.45) is 5.92 Å². The second-order valence-corrected chi connectivity index (χ2v) is 8.75. The SMILES string of the molecule is COCC(=O)c1cnc(NC(=O)C2CC2)cc1Nc1cccc2c1N(C)[C@@H](C)c1nc(C)nn1-2. The molecule has 176 valence electrons. The zero-order valence-electron chi connectivity index (χ0n) is 19.6. The topological polar surface area (TPSA) is 114 Å². The third kappa shape index (κ3) is 3.90. The number of pyridine rings is 1. The van der Waals surface area contributed by atoms with Gasteiger partial charge in [-0.15, -0.1) is 0 Å². The number of fused-ring (bicyclic) bond motifs is 3. The van der Waals surface area contributed by atoms with Crippen molar-refractivity contribution in [1.29, 1.82) is 0 Å². The molecule has 2 aliphatic rings. The lowest BCUT2D eigenvalue weighted by molar-refractivity contribution is -0.117. The van der Waals surface area contributed by atoms with Crippen LogP contribution in [0.2, 0.25) is 0 Å². The number of para-hydroxylation sites is 1. The molecule has 0 unspecified atom stereocenters. The van der Waals surface area contributed by atoms with Crippen molar-refractivity contribution < 1.29 is 14.3 Å². The Hall–Kier alpha value is -3.79. The molecule has 0 saturated heterocycles. The van der Waals surface area contributed by atoms with Gasteiger partial charge in [-0.25, -0.2) is 14.6 Å². The molecule has 34 heavy (non-hydrogen) atoms. The van der Waals surface area contributed by atoms with E-state index in [0.717, 1.165) is 35.7 Å². The number of methoxy groups -OCH3 is 1. The van der Waals surface area contributed by atoms with Crippen LogP contribution in [0.25, 0.3) is 5.69 Å². The first kappa shape index (κ1) is 22.0. The maximum Gasteiger partial charge on any atom is 0.228 e. The number of anilines is 4. The van der Waals surface area contributed by atoms with Crippen LogP contribution in [0.1, 0.15) is 47.8 Å². The number of nitrogens with one attached hydrogen (secondary N) is 2. The van der Waals surface area contributed by atoms with E-state index in [-0.39, 0.29) is 30.3 Å². The number of carbonyl (C=O) groups is 2. The Bertz CT molecular complexity index is 1280. The number of Topliss-reactive ketones (excluding diaryl/α,β-unsaturated/α-hetero) is 1. The monoisotopic (exact) mass is 461 g/mol. The molecule has 10 heteroatoms. The number of ether oxygens (including phenoxy) is 1. The number of hydrogen-bond acceptors (Lipinski definition) is 8. The molecule has 1 aliphatic heterocycles. The van der Waals surface area contributed by atoms with Gasteiger partial charge in [0.2, 0.25) is 5.91 Å². The molecule has 3 aromatic rings. The number of nitrogens with zero attached hydrogens (tertiary/aromatic N) is 5. The quantitative estimate of drug-likeness (QED) is 0.515. The van der Waals surface area contributed by atoms with Gasteiger partial charge in [-0.1, -0.05) is 6.07 Å². The van der Waals surface area contributed by atoms with E-state index < -0.39 is 0 Å². The maximum atomic E-state index is 12.8. The van der Waals surface area contributed by atoms with E-state index in [2.05, 4.69) is 37.5 Å². The fraction of sp³-hybridized carbons (Fsp3) is 0.375. The Morgan fingerprint density at radius 3 is 2.76 bits per heavy atom. The molecule has 1 saturated carbocycles. The lowest BCUT2D eigenvalue weighted by Crippen LogP contribution is -2.31. The molecule has 0 spiro atoms. The molecular formula is C24H27N7O3. The van der Waals surface area contributed by atoms with Crippen molar-refractivity contribution in [2.45, 2.75) is 32.7 Å². The molecule has 1 atom stereocenters. The Labute approximate surface area is 197 Å². The van der Waals surface area contributed by atoms with Crippen molar-refractivity contribution in [3.8, 4) is 5.69 Å². The summed E-state index contributed by atoms with van der Waals surface area (Å²) in [6.45, 7) is 3.88. The smallest absolute Gasteiger partial charge is 0.228 e. The molecule has 5 rings (SSSR count). The third-order valence-electron chi connectivity index (χ3n) is 6.24. The van der Waals surface area contributed by atoms with Crippen LogP contribution < -0.4 is 15.5 Å². The van der Waals surface area contributed by atoms with Gasteiger partial charge in [0.1, 0.15) is 18.2 Å². The number of aromatic nitrogens is 4. The summed E-state index contributed by atoms with van der Waals surface area (Å²) in [5, 5.41) is 10.9. The van der Waals surface area contributed by atoms with Gasteiger partial charge < -0.3 is 20.3 Å². The highest BCUT2D eigenvalue weighted by Crippen LogP contribution is 2.42. The Morgan fingerprint density at radius 1 is 1.24 bits per heavy atom. The average molecular weight is 462 g/mol. The fourth-order valence-corrected chi connectivity index (χ4v) is 4.20. The summed E-state index contributed by atoms with van der Waals surface area (Å²) in [7, 11) is 3.48. The second kappa shape index (κ2) is 8.53. The molecule has 0 bridgehead atoms. The Balaban J connectivity index is 1.56. The molecule has 1 amide bonds. The third-order valence-corrected chi connectivity index (χ3v) is 6.24. The van der Waals surface area contributed by atoms with Gasteiger partial charge in [0.05, 0.1) is 34.4 Å². The first-order valence-electron chi connectivity index (χ1n) is 11.3. The van der Waals surface area contributed by atoms with Crippen LogP contribution in [-0.4, -0.2) is 52.2 Å². The zero-order valence-corrected chi connectivity index (χ0v) is 19.6. The van der Waals surface area contributed by atoms with E-state index in [1.165, 1.54) is 13.3 Å². The average Bonchev–Trinajstić information content (AvgIpc) is 3.59. The minimum absolute atomic E-state index is 0.00271. The number of ketones is 1. The summed E-state index contributed by atoms with van der Waals surface area (Å²) in [5.74, 6) is 1.76. The molecule has 3 heterocycles. The number of aryl methyl sites for hydroxylation is 1. The van der Waals surface area contributed by atoms with Crippen LogP contribution in [0.4, 0.5) is 22.9 Å². The predicted molar refractivity (Wildman–Crippen MR) is 128 cm³/mol. The van der Waals surface area contributed by atoms with Crippen LogP contribution in [-0.2, 0) is 9.53 Å². The van der Waals surface area contributed by atoms with E-state index in [0.29, 0.717) is 22.9 Å². The maximum absolute atomic E-state index is 12.8. The largest absolute Gasteiger partial charge is 0.377 e. The number of benzene rings is 1. The molecule has 2 aromatic heterocycles. The zero-order chi connectivity index (χ0) is 24.0. The minimum Gasteiger partial charge on any atom is -0.377 e. The highest BCUT2D eigenvalue weighted by Gasteiger charge is 2.32. The number of rotatable bonds is 7. The summed E-state index contributed by atoms with van der Waals surface area (Å²) in [4.78, 5) is 36.1. The minimum atomic E-state index is -0.210. The summed E-state index contributed by atoms with van der Waals surface area (Å²) >= 11 is 0. The van der Waals surface area contributed by atoms with Crippen LogP contribution >= 0.6 is 0 Å². The van der Waals surface area contributed by atoms with Gasteiger partial charge in [0.15, 0.2) is 11.6 Å². The molecule has 10 nitrogen and oxygen atoms in total. The molecule has 2 N–H and O–H groups in total. The van der Waals surface area contributed by atoms with Crippen molar-refractivity contribution in [3.05, 3.63) is 47.7 Å². The van der Waals surface area contributed by atoms with Crippen molar-refractivity contribution in [3.63, 3.8) is 0 Å². The van der Waals surface area contributed by atoms with Crippen molar-refractivity contribution in [2.75, 3.05) is 36.3 Å². The number of carbonyl (C=O) groups excluding carboxylic acids is 2. The van der Waals surface area contributed by atoms with E-state index in [1.807, 2.05) is 36.9 Å². The van der Waals surface area contributed by atoms with Crippen LogP contribution in [0.5, 0.6) is 0 Å². The molecule has 1 aliphatic carbocycles. The molecule has 0 radical (unpaired) electrons. The molecule has 1 aromatic carbocycles. The van der Waals surface area contributed by atoms with Crippen molar-refractivity contribution in [1.82, 2.24) is 19.7 Å². The summed E-state index contributed by atoms with van der Waals surface area (Å²) in [5.41, 5.74) is 3.54. The lowest BCUT2D eigenvalue weighted by atomic mass is 10.1. The number of hydrogen-bond donors (Lipinski definition) is 2. The van der Waals surface area contributed by atoms with Crippen molar-refractivity contribution >= 4 is 34.6 Å². The molecular weight excluding hydrogens is 434 g/mol. The first-order valence-corrected chi connectivity index (χ1v) is 11.3. The summed E-state index contributed by atoms with van der Waals surface area (Å²) < 4.78 is 6.93. The Kier molecular flexibility index (Phi) is 5.52. The van der Waals surface area contributed by atoms with E-state index >= 15 is 0 Å².